The Balaban J connectivity index is 2.77. The van der Waals surface area contributed by atoms with Crippen molar-refractivity contribution in [1.29, 1.82) is 0 Å². The molecule has 0 bridgehead atoms. The first-order chi connectivity index (χ1) is 12.9. The quantitative estimate of drug-likeness (QED) is 0.335. The molecule has 0 aliphatic rings. The number of carbonyl (C=O) groups excluding carboxylic acids is 1. The minimum absolute atomic E-state index is 0.129. The summed E-state index contributed by atoms with van der Waals surface area (Å²) in [5.41, 5.74) is 3.34. The molecule has 1 amide bonds. The van der Waals surface area contributed by atoms with Crippen LogP contribution in [0.3, 0.4) is 0 Å². The van der Waals surface area contributed by atoms with Gasteiger partial charge in [-0.3, -0.25) is 4.79 Å². The molecule has 150 valence electrons. The van der Waals surface area contributed by atoms with Crippen LogP contribution in [0.25, 0.3) is 0 Å². The fraction of sp³-hybridized carbons (Fsp3) is 0.524. The topological polar surface area (TPSA) is 85.8 Å². The number of hydrogen-bond donors (Lipinski definition) is 4. The SMILES string of the molecule is C=CN=CNc1ccc(CC(C)C)cc1CNCC(O)C(CC)NC(C)=O. The van der Waals surface area contributed by atoms with Crippen LogP contribution in [0.5, 0.6) is 0 Å². The number of amides is 1. The van der Waals surface area contributed by atoms with Crippen molar-refractivity contribution in [1.82, 2.24) is 10.6 Å². The number of benzene rings is 1. The van der Waals surface area contributed by atoms with Crippen LogP contribution in [0, 0.1) is 5.92 Å². The summed E-state index contributed by atoms with van der Waals surface area (Å²) in [6.07, 6.45) is 4.12. The van der Waals surface area contributed by atoms with Gasteiger partial charge in [0.1, 0.15) is 0 Å². The van der Waals surface area contributed by atoms with Gasteiger partial charge in [0.15, 0.2) is 0 Å². The molecule has 2 unspecified atom stereocenters. The number of rotatable bonds is 12. The Morgan fingerprint density at radius 1 is 1.37 bits per heavy atom. The lowest BCUT2D eigenvalue weighted by Gasteiger charge is -2.23. The Morgan fingerprint density at radius 2 is 2.11 bits per heavy atom. The minimum Gasteiger partial charge on any atom is -0.390 e. The van der Waals surface area contributed by atoms with E-state index in [-0.39, 0.29) is 11.9 Å². The zero-order valence-electron chi connectivity index (χ0n) is 17.0. The third kappa shape index (κ3) is 8.84. The van der Waals surface area contributed by atoms with Crippen LogP contribution in [-0.2, 0) is 17.8 Å². The van der Waals surface area contributed by atoms with Gasteiger partial charge in [0.2, 0.25) is 5.91 Å². The second kappa shape index (κ2) is 12.3. The van der Waals surface area contributed by atoms with Crippen molar-refractivity contribution in [2.75, 3.05) is 11.9 Å². The van der Waals surface area contributed by atoms with E-state index in [2.05, 4.69) is 53.5 Å². The molecule has 0 heterocycles. The molecule has 27 heavy (non-hydrogen) atoms. The van der Waals surface area contributed by atoms with Crippen LogP contribution >= 0.6 is 0 Å². The summed E-state index contributed by atoms with van der Waals surface area (Å²) in [5, 5.41) is 19.6. The first-order valence-corrected chi connectivity index (χ1v) is 9.54. The van der Waals surface area contributed by atoms with Crippen LogP contribution in [-0.4, -0.2) is 36.0 Å². The average Bonchev–Trinajstić information content (AvgIpc) is 2.60. The number of hydrogen-bond acceptors (Lipinski definition) is 4. The Hall–Kier alpha value is -2.18. The maximum absolute atomic E-state index is 11.2. The number of nitrogens with one attached hydrogen (secondary N) is 3. The average molecular weight is 375 g/mol. The highest BCUT2D eigenvalue weighted by Gasteiger charge is 2.17. The molecule has 1 aromatic carbocycles. The molecule has 0 fully saturated rings. The van der Waals surface area contributed by atoms with Crippen LogP contribution in [0.15, 0.2) is 36.0 Å². The largest absolute Gasteiger partial charge is 0.390 e. The summed E-state index contributed by atoms with van der Waals surface area (Å²) >= 11 is 0. The predicted molar refractivity (Wildman–Crippen MR) is 113 cm³/mol. The van der Waals surface area contributed by atoms with E-state index in [1.54, 1.807) is 6.34 Å². The predicted octanol–water partition coefficient (Wildman–Crippen LogP) is 2.83. The van der Waals surface area contributed by atoms with Gasteiger partial charge < -0.3 is 21.1 Å². The molecule has 0 saturated carbocycles. The van der Waals surface area contributed by atoms with Crippen molar-refractivity contribution >= 4 is 17.9 Å². The van der Waals surface area contributed by atoms with Crippen LogP contribution in [0.4, 0.5) is 5.69 Å². The fourth-order valence-corrected chi connectivity index (χ4v) is 2.92. The molecule has 0 aliphatic heterocycles. The molecular weight excluding hydrogens is 340 g/mol. The van der Waals surface area contributed by atoms with E-state index < -0.39 is 6.10 Å². The third-order valence-electron chi connectivity index (χ3n) is 4.18. The van der Waals surface area contributed by atoms with Crippen LogP contribution in [0.1, 0.15) is 45.2 Å². The zero-order valence-corrected chi connectivity index (χ0v) is 17.0. The number of anilines is 1. The van der Waals surface area contributed by atoms with E-state index in [0.717, 1.165) is 17.7 Å². The fourth-order valence-electron chi connectivity index (χ4n) is 2.92. The molecule has 6 nitrogen and oxygen atoms in total. The number of aliphatic hydroxyl groups excluding tert-OH is 1. The number of carbonyl (C=O) groups is 1. The standard InChI is InChI=1S/C21H34N4O2/c1-6-19(25-16(5)26)21(27)13-23-12-18-11-17(10-15(3)4)8-9-20(18)24-14-22-7-2/h7-9,11,14-15,19,21,23,27H,2,6,10,12-13H2,1,3-5H3,(H,22,24)(H,25,26). The van der Waals surface area contributed by atoms with E-state index in [9.17, 15) is 9.90 Å². The third-order valence-corrected chi connectivity index (χ3v) is 4.18. The number of aliphatic hydroxyl groups is 1. The van der Waals surface area contributed by atoms with Gasteiger partial charge in [-0.1, -0.05) is 39.5 Å². The van der Waals surface area contributed by atoms with Gasteiger partial charge >= 0.3 is 0 Å². The maximum Gasteiger partial charge on any atom is 0.217 e. The van der Waals surface area contributed by atoms with Gasteiger partial charge in [0.25, 0.3) is 0 Å². The van der Waals surface area contributed by atoms with Gasteiger partial charge in [0, 0.05) is 31.9 Å². The summed E-state index contributed by atoms with van der Waals surface area (Å²) in [6.45, 7) is 12.4. The van der Waals surface area contributed by atoms with Gasteiger partial charge in [-0.25, -0.2) is 4.99 Å². The molecule has 0 aliphatic carbocycles. The summed E-state index contributed by atoms with van der Waals surface area (Å²) in [4.78, 5) is 15.2. The summed E-state index contributed by atoms with van der Waals surface area (Å²) in [5.74, 6) is 0.451. The molecule has 1 aromatic rings. The van der Waals surface area contributed by atoms with E-state index in [1.165, 1.54) is 18.7 Å². The van der Waals surface area contributed by atoms with E-state index in [4.69, 9.17) is 0 Å². The van der Waals surface area contributed by atoms with Gasteiger partial charge in [-0.05, 0) is 36.0 Å². The Labute approximate surface area is 163 Å². The lowest BCUT2D eigenvalue weighted by atomic mass is 10.00. The first kappa shape index (κ1) is 22.9. The zero-order chi connectivity index (χ0) is 20.2. The summed E-state index contributed by atoms with van der Waals surface area (Å²) in [6, 6.07) is 6.09. The molecule has 1 rings (SSSR count). The lowest BCUT2D eigenvalue weighted by Crippen LogP contribution is -2.46. The highest BCUT2D eigenvalue weighted by molar-refractivity contribution is 5.77. The van der Waals surface area contributed by atoms with Crippen molar-refractivity contribution in [2.24, 2.45) is 10.9 Å². The molecule has 2 atom stereocenters. The molecule has 6 heteroatoms. The summed E-state index contributed by atoms with van der Waals surface area (Å²) < 4.78 is 0. The van der Waals surface area contributed by atoms with Gasteiger partial charge in [0.05, 0.1) is 18.5 Å². The smallest absolute Gasteiger partial charge is 0.217 e. The van der Waals surface area contributed by atoms with Crippen molar-refractivity contribution in [3.63, 3.8) is 0 Å². The second-order valence-electron chi connectivity index (χ2n) is 7.11. The number of nitrogens with zero attached hydrogens (tertiary/aromatic N) is 1. The van der Waals surface area contributed by atoms with Crippen LogP contribution in [0.2, 0.25) is 0 Å². The van der Waals surface area contributed by atoms with Crippen LogP contribution < -0.4 is 16.0 Å². The van der Waals surface area contributed by atoms with E-state index in [0.29, 0.717) is 25.4 Å². The molecule has 0 spiro atoms. The number of aliphatic imine (C=N–C) groups is 1. The van der Waals surface area contributed by atoms with Crippen molar-refractivity contribution in [3.05, 3.63) is 42.1 Å². The van der Waals surface area contributed by atoms with Crippen molar-refractivity contribution in [2.45, 2.75) is 59.2 Å². The molecule has 0 radical (unpaired) electrons. The monoisotopic (exact) mass is 374 g/mol. The normalized spacial score (nSPS) is 13.6. The Bertz CT molecular complexity index is 629. The maximum atomic E-state index is 11.2. The second-order valence-corrected chi connectivity index (χ2v) is 7.11. The highest BCUT2D eigenvalue weighted by atomic mass is 16.3. The minimum atomic E-state index is -0.642. The van der Waals surface area contributed by atoms with E-state index in [1.807, 2.05) is 13.0 Å². The van der Waals surface area contributed by atoms with Crippen molar-refractivity contribution in [3.8, 4) is 0 Å². The Kier molecular flexibility index (Phi) is 10.4. The molecular formula is C21H34N4O2. The van der Waals surface area contributed by atoms with Gasteiger partial charge in [-0.15, -0.1) is 0 Å². The molecule has 4 N–H and O–H groups in total. The highest BCUT2D eigenvalue weighted by Crippen LogP contribution is 2.19. The molecule has 0 saturated heterocycles. The molecule has 0 aromatic heterocycles. The van der Waals surface area contributed by atoms with Gasteiger partial charge in [-0.2, -0.15) is 0 Å². The van der Waals surface area contributed by atoms with Crippen molar-refractivity contribution < 1.29 is 9.90 Å². The van der Waals surface area contributed by atoms with E-state index >= 15 is 0 Å². The first-order valence-electron chi connectivity index (χ1n) is 9.54. The summed E-state index contributed by atoms with van der Waals surface area (Å²) in [7, 11) is 0. The Morgan fingerprint density at radius 3 is 2.70 bits per heavy atom. The lowest BCUT2D eigenvalue weighted by molar-refractivity contribution is -0.120.